The van der Waals surface area contributed by atoms with E-state index >= 15 is 0 Å². The van der Waals surface area contributed by atoms with Crippen molar-refractivity contribution in [3.8, 4) is 0 Å². The van der Waals surface area contributed by atoms with Crippen molar-refractivity contribution in [2.24, 2.45) is 28.6 Å². The molecular weight excluding hydrogens is 212 g/mol. The van der Waals surface area contributed by atoms with Gasteiger partial charge in [0, 0.05) is 0 Å². The van der Waals surface area contributed by atoms with E-state index < -0.39 is 11.4 Å². The molecule has 1 saturated carbocycles. The maximum atomic E-state index is 11.8. The lowest BCUT2D eigenvalue weighted by Gasteiger charge is -2.56. The number of hydrogen-bond donors (Lipinski definition) is 1. The van der Waals surface area contributed by atoms with Crippen molar-refractivity contribution in [2.75, 3.05) is 0 Å². The van der Waals surface area contributed by atoms with Crippen LogP contribution in [-0.2, 0) is 4.79 Å². The average Bonchev–Trinajstić information content (AvgIpc) is 2.16. The molecule has 1 N–H and O–H groups in total. The molecule has 0 aromatic heterocycles. The van der Waals surface area contributed by atoms with Gasteiger partial charge >= 0.3 is 5.97 Å². The van der Waals surface area contributed by atoms with Crippen LogP contribution in [0, 0.1) is 28.6 Å². The van der Waals surface area contributed by atoms with Gasteiger partial charge in [0.25, 0.3) is 0 Å². The van der Waals surface area contributed by atoms with Gasteiger partial charge in [0.2, 0.25) is 0 Å². The summed E-state index contributed by atoms with van der Waals surface area (Å²) in [6, 6.07) is 0. The van der Waals surface area contributed by atoms with Crippen LogP contribution in [-0.4, -0.2) is 11.1 Å². The Bertz CT molecular complexity index is 285. The number of carboxylic acid groups (broad SMARTS) is 1. The lowest BCUT2D eigenvalue weighted by atomic mass is 9.47. The highest BCUT2D eigenvalue weighted by Crippen LogP contribution is 2.60. The van der Waals surface area contributed by atoms with Gasteiger partial charge in [-0.15, -0.1) is 0 Å². The van der Waals surface area contributed by atoms with E-state index in [4.69, 9.17) is 0 Å². The molecule has 2 atom stereocenters. The van der Waals surface area contributed by atoms with Gasteiger partial charge in [-0.2, -0.15) is 0 Å². The van der Waals surface area contributed by atoms with Crippen LogP contribution in [0.15, 0.2) is 0 Å². The summed E-state index contributed by atoms with van der Waals surface area (Å²) in [4.78, 5) is 11.8. The third-order valence-corrected chi connectivity index (χ3v) is 5.37. The standard InChI is InChI=1S/C15H28O2/c1-10(2)15(11(3)4)8-7-12(5)9-14(15,6)13(16)17/h10-12H,7-9H2,1-6H3,(H,16,17). The minimum absolute atomic E-state index is 0.0641. The quantitative estimate of drug-likeness (QED) is 0.803. The van der Waals surface area contributed by atoms with Crippen LogP contribution in [0.4, 0.5) is 0 Å². The van der Waals surface area contributed by atoms with Gasteiger partial charge in [-0.25, -0.2) is 0 Å². The third kappa shape index (κ3) is 2.00. The summed E-state index contributed by atoms with van der Waals surface area (Å²) in [6.07, 6.45) is 3.03. The summed E-state index contributed by atoms with van der Waals surface area (Å²) >= 11 is 0. The predicted molar refractivity (Wildman–Crippen MR) is 70.9 cm³/mol. The summed E-state index contributed by atoms with van der Waals surface area (Å²) in [6.45, 7) is 12.9. The highest BCUT2D eigenvalue weighted by Gasteiger charge is 2.58. The molecule has 1 fully saturated rings. The molecule has 100 valence electrons. The average molecular weight is 240 g/mol. The van der Waals surface area contributed by atoms with Gasteiger partial charge in [-0.3, -0.25) is 4.79 Å². The Morgan fingerprint density at radius 2 is 1.71 bits per heavy atom. The van der Waals surface area contributed by atoms with Crippen LogP contribution < -0.4 is 0 Å². The molecule has 17 heavy (non-hydrogen) atoms. The minimum atomic E-state index is -0.605. The van der Waals surface area contributed by atoms with E-state index in [0.29, 0.717) is 17.8 Å². The highest BCUT2D eigenvalue weighted by atomic mass is 16.4. The van der Waals surface area contributed by atoms with Crippen LogP contribution >= 0.6 is 0 Å². The smallest absolute Gasteiger partial charge is 0.309 e. The maximum absolute atomic E-state index is 11.8. The molecule has 1 aliphatic rings. The molecule has 1 rings (SSSR count). The number of aliphatic carboxylic acids is 1. The van der Waals surface area contributed by atoms with Gasteiger partial charge in [-0.1, -0.05) is 41.0 Å². The number of rotatable bonds is 3. The molecule has 0 heterocycles. The zero-order valence-electron chi connectivity index (χ0n) is 12.2. The lowest BCUT2D eigenvalue weighted by Crippen LogP contribution is -2.55. The summed E-state index contributed by atoms with van der Waals surface area (Å²) in [7, 11) is 0. The molecule has 0 bridgehead atoms. The molecular formula is C15H28O2. The SMILES string of the molecule is CC1CCC(C(C)C)(C(C)C)C(C)(C(=O)O)C1. The van der Waals surface area contributed by atoms with Crippen LogP contribution in [0.3, 0.4) is 0 Å². The number of hydrogen-bond acceptors (Lipinski definition) is 1. The molecule has 2 nitrogen and oxygen atoms in total. The number of carbonyl (C=O) groups is 1. The number of carboxylic acids is 1. The van der Waals surface area contributed by atoms with E-state index in [1.54, 1.807) is 0 Å². The molecule has 0 aromatic rings. The summed E-state index contributed by atoms with van der Waals surface area (Å²) in [5.74, 6) is 0.750. The van der Waals surface area contributed by atoms with Crippen molar-refractivity contribution >= 4 is 5.97 Å². The topological polar surface area (TPSA) is 37.3 Å². The van der Waals surface area contributed by atoms with Crippen molar-refractivity contribution in [3.63, 3.8) is 0 Å². The first-order chi connectivity index (χ1) is 7.68. The first-order valence-corrected chi connectivity index (χ1v) is 6.92. The van der Waals surface area contributed by atoms with E-state index in [0.717, 1.165) is 12.8 Å². The Balaban J connectivity index is 3.29. The second-order valence-corrected chi connectivity index (χ2v) is 6.83. The summed E-state index contributed by atoms with van der Waals surface area (Å²) in [5.41, 5.74) is -0.641. The summed E-state index contributed by atoms with van der Waals surface area (Å²) < 4.78 is 0. The van der Waals surface area contributed by atoms with Crippen LogP contribution in [0.5, 0.6) is 0 Å². The lowest BCUT2D eigenvalue weighted by molar-refractivity contribution is -0.174. The molecule has 0 radical (unpaired) electrons. The zero-order valence-corrected chi connectivity index (χ0v) is 12.2. The summed E-state index contributed by atoms with van der Waals surface area (Å²) in [5, 5.41) is 9.75. The van der Waals surface area contributed by atoms with E-state index in [1.807, 2.05) is 6.92 Å². The second kappa shape index (κ2) is 4.62. The minimum Gasteiger partial charge on any atom is -0.481 e. The van der Waals surface area contributed by atoms with E-state index in [9.17, 15) is 9.90 Å². The fourth-order valence-electron chi connectivity index (χ4n) is 4.55. The van der Waals surface area contributed by atoms with Gasteiger partial charge in [0.05, 0.1) is 5.41 Å². The Labute approximate surface area is 106 Å². The van der Waals surface area contributed by atoms with Crippen molar-refractivity contribution < 1.29 is 9.90 Å². The molecule has 0 aliphatic heterocycles. The van der Waals surface area contributed by atoms with E-state index in [-0.39, 0.29) is 5.41 Å². The monoisotopic (exact) mass is 240 g/mol. The molecule has 1 aliphatic carbocycles. The van der Waals surface area contributed by atoms with Gasteiger partial charge < -0.3 is 5.11 Å². The van der Waals surface area contributed by atoms with Gasteiger partial charge in [0.15, 0.2) is 0 Å². The third-order valence-electron chi connectivity index (χ3n) is 5.37. The normalized spacial score (nSPS) is 33.1. The Kier molecular flexibility index (Phi) is 3.95. The van der Waals surface area contributed by atoms with Crippen molar-refractivity contribution in [2.45, 2.75) is 60.8 Å². The van der Waals surface area contributed by atoms with Crippen LogP contribution in [0.2, 0.25) is 0 Å². The van der Waals surface area contributed by atoms with Crippen LogP contribution in [0.1, 0.15) is 60.8 Å². The fourth-order valence-corrected chi connectivity index (χ4v) is 4.55. The maximum Gasteiger partial charge on any atom is 0.309 e. The van der Waals surface area contributed by atoms with E-state index in [2.05, 4.69) is 34.6 Å². The largest absolute Gasteiger partial charge is 0.481 e. The first-order valence-electron chi connectivity index (χ1n) is 6.92. The highest BCUT2D eigenvalue weighted by molar-refractivity contribution is 5.75. The molecule has 2 unspecified atom stereocenters. The predicted octanol–water partition coefficient (Wildman–Crippen LogP) is 4.20. The fraction of sp³-hybridized carbons (Fsp3) is 0.933. The molecule has 0 spiro atoms. The Morgan fingerprint density at radius 1 is 1.24 bits per heavy atom. The van der Waals surface area contributed by atoms with Crippen molar-refractivity contribution in [1.82, 2.24) is 0 Å². The second-order valence-electron chi connectivity index (χ2n) is 6.83. The zero-order chi connectivity index (χ0) is 13.4. The Hall–Kier alpha value is -0.530. The van der Waals surface area contributed by atoms with Gasteiger partial charge in [-0.05, 0) is 42.9 Å². The Morgan fingerprint density at radius 3 is 2.06 bits per heavy atom. The van der Waals surface area contributed by atoms with Crippen LogP contribution in [0.25, 0.3) is 0 Å². The molecule has 0 saturated heterocycles. The first kappa shape index (κ1) is 14.5. The van der Waals surface area contributed by atoms with Crippen molar-refractivity contribution in [1.29, 1.82) is 0 Å². The van der Waals surface area contributed by atoms with Crippen molar-refractivity contribution in [3.05, 3.63) is 0 Å². The molecule has 0 aromatic carbocycles. The van der Waals surface area contributed by atoms with Gasteiger partial charge in [0.1, 0.15) is 0 Å². The molecule has 2 heteroatoms. The molecule has 0 amide bonds. The van der Waals surface area contributed by atoms with E-state index in [1.165, 1.54) is 6.42 Å².